The van der Waals surface area contributed by atoms with Crippen molar-refractivity contribution in [2.24, 2.45) is 36.3 Å². The van der Waals surface area contributed by atoms with Crippen molar-refractivity contribution in [2.75, 3.05) is 50.5 Å². The fraction of sp³-hybridized carbons (Fsp3) is 0.571. The lowest BCUT2D eigenvalue weighted by Crippen LogP contribution is -2.34. The zero-order valence-corrected chi connectivity index (χ0v) is 37.4. The minimum absolute atomic E-state index is 0.269. The van der Waals surface area contributed by atoms with E-state index >= 15 is 0 Å². The SMILES string of the molecule is COCC12CCC(CCN3CCc4c(nc(C(=O)Nc5cccc(-c6cccc(NC(=O)c7nc8c(n7C)CCN(CCC79CCC(CC7)C9)C8)c6Cl)c5C#N)n4C)C3)(CC1)C2. The predicted molar refractivity (Wildman–Crippen MR) is 240 cm³/mol. The zero-order chi connectivity index (χ0) is 42.8. The molecule has 2 aliphatic heterocycles. The van der Waals surface area contributed by atoms with Gasteiger partial charge in [-0.25, -0.2) is 9.97 Å². The topological polar surface area (TPSA) is 133 Å². The summed E-state index contributed by atoms with van der Waals surface area (Å²) in [7, 11) is 5.65. The van der Waals surface area contributed by atoms with E-state index in [1.807, 2.05) is 36.4 Å². The average molecular weight is 859 g/mol. The lowest BCUT2D eigenvalue weighted by atomic mass is 9.80. The predicted octanol–water partition coefficient (Wildman–Crippen LogP) is 8.52. The summed E-state index contributed by atoms with van der Waals surface area (Å²) in [6.45, 7) is 6.41. The van der Waals surface area contributed by atoms with Crippen molar-refractivity contribution in [2.45, 2.75) is 103 Å². The van der Waals surface area contributed by atoms with Gasteiger partial charge in [-0.1, -0.05) is 35.9 Å². The van der Waals surface area contributed by atoms with Gasteiger partial charge in [0.05, 0.1) is 40.0 Å². The van der Waals surface area contributed by atoms with E-state index in [-0.39, 0.29) is 17.4 Å². The molecule has 4 bridgehead atoms. The summed E-state index contributed by atoms with van der Waals surface area (Å²) in [5.74, 6) is 0.915. The summed E-state index contributed by atoms with van der Waals surface area (Å²) < 4.78 is 9.43. The van der Waals surface area contributed by atoms with E-state index in [2.05, 4.69) is 26.5 Å². The molecule has 4 fully saturated rings. The summed E-state index contributed by atoms with van der Waals surface area (Å²) in [6.07, 6.45) is 17.6. The van der Waals surface area contributed by atoms with Gasteiger partial charge in [0.1, 0.15) is 6.07 Å². The van der Waals surface area contributed by atoms with E-state index in [4.69, 9.17) is 26.3 Å². The van der Waals surface area contributed by atoms with E-state index in [1.165, 1.54) is 77.0 Å². The maximum absolute atomic E-state index is 13.9. The standard InChI is InChI=1S/C49H60ClN9O3/c1-56-40-13-23-59(25-21-48-16-18-49(30-48,19-17-48)31-62-3)29-39(40)52-43(56)45(60)54-36-8-4-6-33(35(36)27-51)34-7-5-9-37(42(34)50)55-46(61)44-53-38-28-58(22-12-41(38)57(44)2)24-20-47-14-10-32(26-47)11-15-47/h4-9,32H,10-26,28-31H2,1-3H3,(H,54,60)(H,55,61). The fourth-order valence-electron chi connectivity index (χ4n) is 12.9. The highest BCUT2D eigenvalue weighted by Crippen LogP contribution is 2.63. The van der Waals surface area contributed by atoms with Crippen molar-refractivity contribution in [1.82, 2.24) is 28.9 Å². The van der Waals surface area contributed by atoms with Crippen LogP contribution in [0.1, 0.15) is 127 Å². The second-order valence-electron chi connectivity index (χ2n) is 20.0. The molecule has 10 rings (SSSR count). The largest absolute Gasteiger partial charge is 0.384 e. The van der Waals surface area contributed by atoms with E-state index in [0.29, 0.717) is 55.4 Å². The van der Waals surface area contributed by atoms with Crippen LogP contribution in [0.5, 0.6) is 0 Å². The Hall–Kier alpha value is -4.54. The molecular formula is C49H60ClN9O3. The smallest absolute Gasteiger partial charge is 0.291 e. The maximum Gasteiger partial charge on any atom is 0.291 e. The van der Waals surface area contributed by atoms with Crippen LogP contribution in [0.25, 0.3) is 11.1 Å². The number of hydrogen-bond donors (Lipinski definition) is 2. The molecule has 2 amide bonds. The van der Waals surface area contributed by atoms with Gasteiger partial charge in [0.25, 0.3) is 11.8 Å². The molecular weight excluding hydrogens is 798 g/mol. The highest BCUT2D eigenvalue weighted by Gasteiger charge is 2.53. The maximum atomic E-state index is 13.9. The van der Waals surface area contributed by atoms with Crippen molar-refractivity contribution in [1.29, 1.82) is 5.26 Å². The monoisotopic (exact) mass is 857 g/mol. The Kier molecular flexibility index (Phi) is 10.9. The minimum Gasteiger partial charge on any atom is -0.384 e. The zero-order valence-electron chi connectivity index (χ0n) is 36.6. The van der Waals surface area contributed by atoms with Gasteiger partial charge in [-0.15, -0.1) is 0 Å². The number of halogens is 1. The molecule has 2 aromatic heterocycles. The van der Waals surface area contributed by atoms with Gasteiger partial charge in [-0.2, -0.15) is 5.26 Å². The Morgan fingerprint density at radius 3 is 1.90 bits per heavy atom. The fourth-order valence-corrected chi connectivity index (χ4v) is 13.2. The lowest BCUT2D eigenvalue weighted by molar-refractivity contribution is 0.0860. The summed E-state index contributed by atoms with van der Waals surface area (Å²) in [5.41, 5.74) is 7.65. The van der Waals surface area contributed by atoms with Gasteiger partial charge in [0.2, 0.25) is 0 Å². The van der Waals surface area contributed by atoms with Crippen molar-refractivity contribution in [3.05, 3.63) is 81.4 Å². The molecule has 0 spiro atoms. The number of hydrogen-bond acceptors (Lipinski definition) is 8. The van der Waals surface area contributed by atoms with Crippen molar-refractivity contribution >= 4 is 34.8 Å². The highest BCUT2D eigenvalue weighted by atomic mass is 35.5. The van der Waals surface area contributed by atoms with Crippen LogP contribution in [-0.4, -0.2) is 80.6 Å². The van der Waals surface area contributed by atoms with Gasteiger partial charge < -0.3 is 24.5 Å². The van der Waals surface area contributed by atoms with Crippen LogP contribution in [0.4, 0.5) is 11.4 Å². The number of anilines is 2. The van der Waals surface area contributed by atoms with Crippen LogP contribution >= 0.6 is 11.6 Å². The van der Waals surface area contributed by atoms with Gasteiger partial charge in [-0.3, -0.25) is 19.4 Å². The van der Waals surface area contributed by atoms with Crippen LogP contribution in [-0.2, 0) is 44.8 Å². The van der Waals surface area contributed by atoms with Gasteiger partial charge >= 0.3 is 0 Å². The molecule has 12 nitrogen and oxygen atoms in total. The lowest BCUT2D eigenvalue weighted by Gasteiger charge is -2.32. The first-order valence-electron chi connectivity index (χ1n) is 23.0. The molecule has 4 aromatic rings. The number of methoxy groups -OCH3 is 1. The van der Waals surface area contributed by atoms with Gasteiger partial charge in [-0.05, 0) is 124 Å². The third-order valence-electron chi connectivity index (χ3n) is 16.4. The summed E-state index contributed by atoms with van der Waals surface area (Å²) in [4.78, 5) is 42.5. The Morgan fingerprint density at radius 1 is 0.790 bits per heavy atom. The molecule has 0 radical (unpaired) electrons. The van der Waals surface area contributed by atoms with E-state index < -0.39 is 0 Å². The third-order valence-corrected chi connectivity index (χ3v) is 16.8. The Morgan fingerprint density at radius 2 is 1.34 bits per heavy atom. The average Bonchev–Trinajstić information content (AvgIpc) is 4.15. The molecule has 0 atom stereocenters. The molecule has 2 aromatic carbocycles. The number of aromatic nitrogens is 4. The summed E-state index contributed by atoms with van der Waals surface area (Å²) in [5, 5.41) is 16.8. The molecule has 6 aliphatic rings. The third kappa shape index (κ3) is 7.46. The van der Waals surface area contributed by atoms with Crippen LogP contribution < -0.4 is 10.6 Å². The number of carbonyl (C=O) groups excluding carboxylic acids is 2. The van der Waals surface area contributed by atoms with Crippen molar-refractivity contribution < 1.29 is 14.3 Å². The van der Waals surface area contributed by atoms with E-state index in [9.17, 15) is 14.9 Å². The number of nitriles is 1. The summed E-state index contributed by atoms with van der Waals surface area (Å²) >= 11 is 7.05. The number of amides is 2. The molecule has 326 valence electrons. The molecule has 13 heteroatoms. The number of benzene rings is 2. The quantitative estimate of drug-likeness (QED) is 0.137. The van der Waals surface area contributed by atoms with E-state index in [1.54, 1.807) is 30.3 Å². The molecule has 62 heavy (non-hydrogen) atoms. The van der Waals surface area contributed by atoms with E-state index in [0.717, 1.165) is 87.4 Å². The molecule has 4 saturated carbocycles. The first-order valence-corrected chi connectivity index (χ1v) is 23.3. The number of nitrogens with one attached hydrogen (secondary N) is 2. The second-order valence-corrected chi connectivity index (χ2v) is 20.4. The Labute approximate surface area is 370 Å². The molecule has 0 saturated heterocycles. The number of carbonyl (C=O) groups is 2. The number of rotatable bonds is 13. The van der Waals surface area contributed by atoms with Gasteiger partial charge in [0, 0.05) is 82.7 Å². The number of fused-ring (bicyclic) bond motifs is 6. The Bertz CT molecular complexity index is 2450. The normalized spacial score (nSPS) is 26.4. The number of ether oxygens (including phenoxy) is 1. The van der Waals surface area contributed by atoms with Crippen molar-refractivity contribution in [3.8, 4) is 17.2 Å². The van der Waals surface area contributed by atoms with Crippen LogP contribution in [0.15, 0.2) is 36.4 Å². The minimum atomic E-state index is -0.374. The highest BCUT2D eigenvalue weighted by molar-refractivity contribution is 6.36. The van der Waals surface area contributed by atoms with Crippen LogP contribution in [0, 0.1) is 33.5 Å². The van der Waals surface area contributed by atoms with Crippen molar-refractivity contribution in [3.63, 3.8) is 0 Å². The first kappa shape index (κ1) is 41.5. The molecule has 2 N–H and O–H groups in total. The first-order chi connectivity index (χ1) is 30.0. The number of imidazole rings is 2. The van der Waals surface area contributed by atoms with Crippen LogP contribution in [0.3, 0.4) is 0 Å². The number of nitrogens with zero attached hydrogens (tertiary/aromatic N) is 7. The molecule has 4 aliphatic carbocycles. The molecule has 4 heterocycles. The Balaban J connectivity index is 0.799. The van der Waals surface area contributed by atoms with Gasteiger partial charge in [0.15, 0.2) is 11.6 Å². The second kappa shape index (κ2) is 16.2. The molecule has 0 unspecified atom stereocenters. The summed E-state index contributed by atoms with van der Waals surface area (Å²) in [6, 6.07) is 13.0. The van der Waals surface area contributed by atoms with Crippen LogP contribution in [0.2, 0.25) is 5.02 Å².